The summed E-state index contributed by atoms with van der Waals surface area (Å²) >= 11 is 18.8. The number of ether oxygens (including phenoxy) is 2. The van der Waals surface area contributed by atoms with Gasteiger partial charge in [0.1, 0.15) is 12.2 Å². The number of carbonyl (C=O) groups excluding carboxylic acids is 3. The quantitative estimate of drug-likeness (QED) is 0.294. The Bertz CT molecular complexity index is 1420. The van der Waals surface area contributed by atoms with Gasteiger partial charge in [0, 0.05) is 15.6 Å². The van der Waals surface area contributed by atoms with E-state index in [0.717, 1.165) is 16.0 Å². The van der Waals surface area contributed by atoms with Gasteiger partial charge >= 0.3 is 6.03 Å². The highest BCUT2D eigenvalue weighted by atomic mass is 35.5. The number of anilines is 1. The van der Waals surface area contributed by atoms with E-state index in [-0.39, 0.29) is 34.4 Å². The number of urea groups is 1. The zero-order valence-electron chi connectivity index (χ0n) is 19.1. The van der Waals surface area contributed by atoms with Crippen molar-refractivity contribution in [3.63, 3.8) is 0 Å². The number of hydrogen-bond acceptors (Lipinski definition) is 5. The highest BCUT2D eigenvalue weighted by molar-refractivity contribution is 6.40. The Morgan fingerprint density at radius 2 is 1.69 bits per heavy atom. The number of carbonyl (C=O) groups is 3. The molecule has 1 aliphatic rings. The molecular weight excluding hydrogens is 527 g/mol. The lowest BCUT2D eigenvalue weighted by molar-refractivity contribution is -0.122. The Morgan fingerprint density at radius 3 is 2.39 bits per heavy atom. The predicted octanol–water partition coefficient (Wildman–Crippen LogP) is 6.21. The van der Waals surface area contributed by atoms with Gasteiger partial charge < -0.3 is 9.47 Å². The molecule has 0 unspecified atom stereocenters. The number of hydrogen-bond donors (Lipinski definition) is 1. The molecule has 4 amide bonds. The lowest BCUT2D eigenvalue weighted by atomic mass is 10.1. The second kappa shape index (κ2) is 10.6. The summed E-state index contributed by atoms with van der Waals surface area (Å²) in [4.78, 5) is 39.0. The standard InChI is InChI=1S/C26H19Cl3N2O5/c1-14-7-8-17(12-20(14)28)31-25(33)18(24(32)30-26(31)34)9-15-10-21(29)23(22(11-15)35-2)36-13-16-5-3-4-6-19(16)27/h3-12H,13H2,1-2H3,(H,30,32,34)/b18-9-. The fraction of sp³-hybridized carbons (Fsp3) is 0.115. The van der Waals surface area contributed by atoms with Crippen molar-refractivity contribution in [1.82, 2.24) is 5.32 Å². The Morgan fingerprint density at radius 1 is 0.944 bits per heavy atom. The molecule has 0 aliphatic carbocycles. The fourth-order valence-electron chi connectivity index (χ4n) is 3.51. The van der Waals surface area contributed by atoms with E-state index in [4.69, 9.17) is 44.3 Å². The Balaban J connectivity index is 1.66. The number of methoxy groups -OCH3 is 1. The molecule has 1 heterocycles. The van der Waals surface area contributed by atoms with Gasteiger partial charge in [-0.05, 0) is 54.5 Å². The number of aryl methyl sites for hydroxylation is 1. The lowest BCUT2D eigenvalue weighted by Gasteiger charge is -2.26. The summed E-state index contributed by atoms with van der Waals surface area (Å²) < 4.78 is 11.3. The number of rotatable bonds is 6. The van der Waals surface area contributed by atoms with E-state index < -0.39 is 17.8 Å². The van der Waals surface area contributed by atoms with Gasteiger partial charge in [-0.1, -0.05) is 59.1 Å². The first-order chi connectivity index (χ1) is 17.2. The molecule has 36 heavy (non-hydrogen) atoms. The third-order valence-electron chi connectivity index (χ3n) is 5.41. The molecule has 0 atom stereocenters. The summed E-state index contributed by atoms with van der Waals surface area (Å²) in [5.74, 6) is -1.10. The largest absolute Gasteiger partial charge is 0.493 e. The minimum Gasteiger partial charge on any atom is -0.493 e. The summed E-state index contributed by atoms with van der Waals surface area (Å²) in [6, 6.07) is 14.1. The van der Waals surface area contributed by atoms with E-state index in [0.29, 0.717) is 15.6 Å². The third-order valence-corrected chi connectivity index (χ3v) is 6.46. The van der Waals surface area contributed by atoms with E-state index in [2.05, 4.69) is 5.32 Å². The first-order valence-corrected chi connectivity index (χ1v) is 11.7. The van der Waals surface area contributed by atoms with E-state index in [1.54, 1.807) is 31.2 Å². The van der Waals surface area contributed by atoms with Crippen molar-refractivity contribution in [3.8, 4) is 11.5 Å². The van der Waals surface area contributed by atoms with Gasteiger partial charge in [-0.3, -0.25) is 14.9 Å². The zero-order chi connectivity index (χ0) is 26.0. The molecule has 0 aromatic heterocycles. The molecule has 3 aromatic rings. The summed E-state index contributed by atoms with van der Waals surface area (Å²) in [7, 11) is 1.44. The zero-order valence-corrected chi connectivity index (χ0v) is 21.4. The van der Waals surface area contributed by atoms with Crippen LogP contribution < -0.4 is 19.7 Å². The molecule has 184 valence electrons. The monoisotopic (exact) mass is 544 g/mol. The molecule has 1 N–H and O–H groups in total. The maximum absolute atomic E-state index is 13.2. The number of imide groups is 2. The van der Waals surface area contributed by atoms with Crippen molar-refractivity contribution in [2.24, 2.45) is 0 Å². The van der Waals surface area contributed by atoms with Crippen LogP contribution in [0.4, 0.5) is 10.5 Å². The number of amides is 4. The summed E-state index contributed by atoms with van der Waals surface area (Å²) in [6.07, 6.45) is 1.32. The van der Waals surface area contributed by atoms with E-state index in [1.807, 2.05) is 18.2 Å². The molecule has 1 fully saturated rings. The molecular formula is C26H19Cl3N2O5. The Hall–Kier alpha value is -3.52. The second-order valence-corrected chi connectivity index (χ2v) is 9.03. The van der Waals surface area contributed by atoms with E-state index in [1.165, 1.54) is 25.3 Å². The molecule has 0 spiro atoms. The van der Waals surface area contributed by atoms with E-state index >= 15 is 0 Å². The van der Waals surface area contributed by atoms with Gasteiger partial charge in [0.2, 0.25) is 0 Å². The van der Waals surface area contributed by atoms with Gasteiger partial charge in [-0.15, -0.1) is 0 Å². The number of benzene rings is 3. The highest BCUT2D eigenvalue weighted by Gasteiger charge is 2.37. The molecule has 1 saturated heterocycles. The van der Waals surface area contributed by atoms with Crippen LogP contribution in [0.5, 0.6) is 11.5 Å². The van der Waals surface area contributed by atoms with Gasteiger partial charge in [0.05, 0.1) is 17.8 Å². The van der Waals surface area contributed by atoms with Crippen LogP contribution in [0.3, 0.4) is 0 Å². The lowest BCUT2D eigenvalue weighted by Crippen LogP contribution is -2.54. The molecule has 0 radical (unpaired) electrons. The summed E-state index contributed by atoms with van der Waals surface area (Å²) in [5, 5.41) is 3.29. The smallest absolute Gasteiger partial charge is 0.335 e. The number of nitrogens with one attached hydrogen (secondary N) is 1. The van der Waals surface area contributed by atoms with Crippen LogP contribution in [0.15, 0.2) is 60.2 Å². The van der Waals surface area contributed by atoms with Crippen molar-refractivity contribution >= 4 is 64.4 Å². The predicted molar refractivity (Wildman–Crippen MR) is 139 cm³/mol. The van der Waals surface area contributed by atoms with Gasteiger partial charge in [-0.25, -0.2) is 9.69 Å². The SMILES string of the molecule is COc1cc(/C=C2/C(=O)NC(=O)N(c3ccc(C)c(Cl)c3)C2=O)cc(Cl)c1OCc1ccccc1Cl. The molecule has 0 bridgehead atoms. The van der Waals surface area contributed by atoms with Crippen LogP contribution in [0.2, 0.25) is 15.1 Å². The van der Waals surface area contributed by atoms with Gasteiger partial charge in [0.25, 0.3) is 11.8 Å². The van der Waals surface area contributed by atoms with Crippen LogP contribution in [0, 0.1) is 6.92 Å². The average Bonchev–Trinajstić information content (AvgIpc) is 2.83. The molecule has 7 nitrogen and oxygen atoms in total. The third kappa shape index (κ3) is 5.18. The van der Waals surface area contributed by atoms with Crippen LogP contribution >= 0.6 is 34.8 Å². The molecule has 10 heteroatoms. The van der Waals surface area contributed by atoms with E-state index in [9.17, 15) is 14.4 Å². The minimum absolute atomic E-state index is 0.146. The van der Waals surface area contributed by atoms with Crippen molar-refractivity contribution < 1.29 is 23.9 Å². The maximum Gasteiger partial charge on any atom is 0.335 e. The normalized spacial score (nSPS) is 14.8. The molecule has 1 aliphatic heterocycles. The van der Waals surface area contributed by atoms with Crippen LogP contribution in [0.1, 0.15) is 16.7 Å². The van der Waals surface area contributed by atoms with Crippen LogP contribution in [0.25, 0.3) is 6.08 Å². The molecule has 4 rings (SSSR count). The van der Waals surface area contributed by atoms with Crippen molar-refractivity contribution in [1.29, 1.82) is 0 Å². The van der Waals surface area contributed by atoms with Crippen molar-refractivity contribution in [2.75, 3.05) is 12.0 Å². The van der Waals surface area contributed by atoms with Gasteiger partial charge in [-0.2, -0.15) is 0 Å². The highest BCUT2D eigenvalue weighted by Crippen LogP contribution is 2.38. The first kappa shape index (κ1) is 25.6. The molecule has 3 aromatic carbocycles. The number of halogens is 3. The summed E-state index contributed by atoms with van der Waals surface area (Å²) in [6.45, 7) is 1.94. The molecule has 0 saturated carbocycles. The topological polar surface area (TPSA) is 84.9 Å². The summed E-state index contributed by atoms with van der Waals surface area (Å²) in [5.41, 5.74) is 1.88. The fourth-order valence-corrected chi connectivity index (χ4v) is 4.15. The second-order valence-electron chi connectivity index (χ2n) is 7.81. The average molecular weight is 546 g/mol. The maximum atomic E-state index is 13.2. The Labute approximate surface area is 222 Å². The van der Waals surface area contributed by atoms with Crippen LogP contribution in [-0.2, 0) is 16.2 Å². The minimum atomic E-state index is -0.874. The van der Waals surface area contributed by atoms with Gasteiger partial charge in [0.15, 0.2) is 11.5 Å². The van der Waals surface area contributed by atoms with Crippen molar-refractivity contribution in [3.05, 3.63) is 91.9 Å². The number of nitrogens with zero attached hydrogens (tertiary/aromatic N) is 1. The first-order valence-electron chi connectivity index (χ1n) is 10.6. The Kier molecular flexibility index (Phi) is 7.54. The van der Waals surface area contributed by atoms with Crippen molar-refractivity contribution in [2.45, 2.75) is 13.5 Å². The number of barbiturate groups is 1. The van der Waals surface area contributed by atoms with Crippen LogP contribution in [-0.4, -0.2) is 25.0 Å².